The van der Waals surface area contributed by atoms with E-state index < -0.39 is 0 Å². The molecule has 0 atom stereocenters. The number of pyridine rings is 2. The summed E-state index contributed by atoms with van der Waals surface area (Å²) in [7, 11) is 1.57. The van der Waals surface area contributed by atoms with Crippen molar-refractivity contribution in [3.63, 3.8) is 0 Å². The van der Waals surface area contributed by atoms with Gasteiger partial charge in [0.15, 0.2) is 11.4 Å². The predicted molar refractivity (Wildman–Crippen MR) is 50.5 cm³/mol. The third-order valence-corrected chi connectivity index (χ3v) is 1.87. The number of rotatable bonds is 1. The number of hydrogen-bond donors (Lipinski definition) is 1. The SMILES string of the molecule is COc1cnc2ncccc2c1N. The molecule has 2 aromatic rings. The lowest BCUT2D eigenvalue weighted by Crippen LogP contribution is -1.95. The van der Waals surface area contributed by atoms with Crippen molar-refractivity contribution in [1.82, 2.24) is 9.97 Å². The molecule has 0 aliphatic carbocycles. The average Bonchev–Trinajstić information content (AvgIpc) is 2.19. The predicted octanol–water partition coefficient (Wildman–Crippen LogP) is 1.22. The molecule has 4 heteroatoms. The van der Waals surface area contributed by atoms with E-state index in [1.807, 2.05) is 12.1 Å². The van der Waals surface area contributed by atoms with Crippen LogP contribution in [0.3, 0.4) is 0 Å². The number of nitrogens with two attached hydrogens (primary N) is 1. The summed E-state index contributed by atoms with van der Waals surface area (Å²) in [6.07, 6.45) is 3.26. The van der Waals surface area contributed by atoms with Gasteiger partial charge in [-0.25, -0.2) is 9.97 Å². The molecule has 0 aliphatic rings. The molecule has 66 valence electrons. The third-order valence-electron chi connectivity index (χ3n) is 1.87. The molecule has 0 aromatic carbocycles. The van der Waals surface area contributed by atoms with E-state index >= 15 is 0 Å². The Morgan fingerprint density at radius 1 is 1.38 bits per heavy atom. The molecule has 0 saturated heterocycles. The Labute approximate surface area is 75.4 Å². The summed E-state index contributed by atoms with van der Waals surface area (Å²) in [6, 6.07) is 3.69. The molecule has 4 nitrogen and oxygen atoms in total. The van der Waals surface area contributed by atoms with E-state index in [4.69, 9.17) is 10.5 Å². The van der Waals surface area contributed by atoms with Gasteiger partial charge in [0.25, 0.3) is 0 Å². The molecule has 2 heterocycles. The largest absolute Gasteiger partial charge is 0.493 e. The molecule has 0 fully saturated rings. The number of nitrogen functional groups attached to an aromatic ring is 1. The van der Waals surface area contributed by atoms with Gasteiger partial charge >= 0.3 is 0 Å². The van der Waals surface area contributed by atoms with Crippen molar-refractivity contribution in [3.05, 3.63) is 24.5 Å². The Morgan fingerprint density at radius 2 is 2.23 bits per heavy atom. The van der Waals surface area contributed by atoms with Crippen LogP contribution in [0.1, 0.15) is 0 Å². The van der Waals surface area contributed by atoms with Gasteiger partial charge in [-0.05, 0) is 12.1 Å². The van der Waals surface area contributed by atoms with Gasteiger partial charge in [0.05, 0.1) is 19.0 Å². The highest BCUT2D eigenvalue weighted by Gasteiger charge is 2.04. The molecular formula is C9H9N3O. The van der Waals surface area contributed by atoms with E-state index in [0.717, 1.165) is 5.39 Å². The second-order valence-corrected chi connectivity index (χ2v) is 2.61. The van der Waals surface area contributed by atoms with Crippen LogP contribution >= 0.6 is 0 Å². The quantitative estimate of drug-likeness (QED) is 0.707. The molecule has 2 aromatic heterocycles. The van der Waals surface area contributed by atoms with Gasteiger partial charge in [0.1, 0.15) is 0 Å². The molecule has 0 amide bonds. The average molecular weight is 175 g/mol. The molecule has 0 aliphatic heterocycles. The van der Waals surface area contributed by atoms with E-state index in [1.54, 1.807) is 19.5 Å². The maximum Gasteiger partial charge on any atom is 0.161 e. The zero-order chi connectivity index (χ0) is 9.26. The minimum absolute atomic E-state index is 0.584. The molecular weight excluding hydrogens is 166 g/mol. The van der Waals surface area contributed by atoms with Gasteiger partial charge < -0.3 is 10.5 Å². The highest BCUT2D eigenvalue weighted by molar-refractivity contribution is 5.90. The summed E-state index contributed by atoms with van der Waals surface area (Å²) in [5.41, 5.74) is 7.05. The zero-order valence-corrected chi connectivity index (χ0v) is 7.19. The van der Waals surface area contributed by atoms with Crippen LogP contribution in [0.5, 0.6) is 5.75 Å². The van der Waals surface area contributed by atoms with Crippen LogP contribution in [0, 0.1) is 0 Å². The Balaban J connectivity index is 2.79. The minimum Gasteiger partial charge on any atom is -0.493 e. The van der Waals surface area contributed by atoms with Crippen molar-refractivity contribution in [2.45, 2.75) is 0 Å². The van der Waals surface area contributed by atoms with Crippen molar-refractivity contribution in [1.29, 1.82) is 0 Å². The summed E-state index contributed by atoms with van der Waals surface area (Å²) in [5.74, 6) is 0.584. The molecule has 2 N–H and O–H groups in total. The highest BCUT2D eigenvalue weighted by Crippen LogP contribution is 2.26. The summed E-state index contributed by atoms with van der Waals surface area (Å²) < 4.78 is 5.04. The fourth-order valence-corrected chi connectivity index (χ4v) is 1.19. The van der Waals surface area contributed by atoms with Crippen LogP contribution in [-0.4, -0.2) is 17.1 Å². The maximum atomic E-state index is 5.82. The second kappa shape index (κ2) is 2.90. The number of fused-ring (bicyclic) bond motifs is 1. The number of nitrogens with zero attached hydrogens (tertiary/aromatic N) is 2. The number of hydrogen-bond acceptors (Lipinski definition) is 4. The van der Waals surface area contributed by atoms with Crippen molar-refractivity contribution >= 4 is 16.7 Å². The van der Waals surface area contributed by atoms with Gasteiger partial charge in [0.2, 0.25) is 0 Å². The molecule has 2 rings (SSSR count). The van der Waals surface area contributed by atoms with Gasteiger partial charge in [0, 0.05) is 11.6 Å². The lowest BCUT2D eigenvalue weighted by Gasteiger charge is -2.05. The van der Waals surface area contributed by atoms with Gasteiger partial charge in [-0.1, -0.05) is 0 Å². The molecule has 13 heavy (non-hydrogen) atoms. The monoisotopic (exact) mass is 175 g/mol. The van der Waals surface area contributed by atoms with Crippen molar-refractivity contribution in [2.24, 2.45) is 0 Å². The third kappa shape index (κ3) is 1.16. The first-order valence-corrected chi connectivity index (χ1v) is 3.86. The molecule has 0 unspecified atom stereocenters. The number of ether oxygens (including phenoxy) is 1. The zero-order valence-electron chi connectivity index (χ0n) is 7.19. The van der Waals surface area contributed by atoms with Crippen LogP contribution in [0.4, 0.5) is 5.69 Å². The summed E-state index contributed by atoms with van der Waals surface area (Å²) >= 11 is 0. The molecule has 0 saturated carbocycles. The first kappa shape index (κ1) is 7.79. The Bertz CT molecular complexity index is 442. The Hall–Kier alpha value is -1.84. The fraction of sp³-hybridized carbons (Fsp3) is 0.111. The first-order chi connectivity index (χ1) is 6.33. The normalized spacial score (nSPS) is 10.2. The van der Waals surface area contributed by atoms with E-state index in [0.29, 0.717) is 17.1 Å². The van der Waals surface area contributed by atoms with Crippen LogP contribution in [-0.2, 0) is 0 Å². The number of anilines is 1. The van der Waals surface area contributed by atoms with Gasteiger partial charge in [-0.15, -0.1) is 0 Å². The lowest BCUT2D eigenvalue weighted by atomic mass is 10.2. The fourth-order valence-electron chi connectivity index (χ4n) is 1.19. The van der Waals surface area contributed by atoms with E-state index in [9.17, 15) is 0 Å². The topological polar surface area (TPSA) is 61.0 Å². The highest BCUT2D eigenvalue weighted by atomic mass is 16.5. The van der Waals surface area contributed by atoms with E-state index in [1.165, 1.54) is 0 Å². The maximum absolute atomic E-state index is 5.82. The van der Waals surface area contributed by atoms with Crippen LogP contribution < -0.4 is 10.5 Å². The second-order valence-electron chi connectivity index (χ2n) is 2.61. The van der Waals surface area contributed by atoms with Crippen LogP contribution in [0.15, 0.2) is 24.5 Å². The standard InChI is InChI=1S/C9H9N3O/c1-13-7-5-12-9-6(8(7)10)3-2-4-11-9/h2-5H,1H3,(H2,10,11,12). The number of methoxy groups -OCH3 is 1. The first-order valence-electron chi connectivity index (χ1n) is 3.86. The van der Waals surface area contributed by atoms with Crippen molar-refractivity contribution < 1.29 is 4.74 Å². The van der Waals surface area contributed by atoms with Crippen molar-refractivity contribution in [3.8, 4) is 5.75 Å². The lowest BCUT2D eigenvalue weighted by molar-refractivity contribution is 0.416. The van der Waals surface area contributed by atoms with Gasteiger partial charge in [-0.3, -0.25) is 0 Å². The molecule has 0 spiro atoms. The van der Waals surface area contributed by atoms with E-state index in [2.05, 4.69) is 9.97 Å². The minimum atomic E-state index is 0.584. The smallest absolute Gasteiger partial charge is 0.161 e. The summed E-state index contributed by atoms with van der Waals surface area (Å²) in [5, 5.41) is 0.821. The summed E-state index contributed by atoms with van der Waals surface area (Å²) in [4.78, 5) is 8.17. The summed E-state index contributed by atoms with van der Waals surface area (Å²) in [6.45, 7) is 0. The van der Waals surface area contributed by atoms with Gasteiger partial charge in [-0.2, -0.15) is 0 Å². The van der Waals surface area contributed by atoms with Crippen molar-refractivity contribution in [2.75, 3.05) is 12.8 Å². The van der Waals surface area contributed by atoms with Crippen LogP contribution in [0.2, 0.25) is 0 Å². The Kier molecular flexibility index (Phi) is 1.73. The van der Waals surface area contributed by atoms with Crippen LogP contribution in [0.25, 0.3) is 11.0 Å². The Morgan fingerprint density at radius 3 is 3.00 bits per heavy atom. The number of aromatic nitrogens is 2. The molecule has 0 radical (unpaired) electrons. The van der Waals surface area contributed by atoms with E-state index in [-0.39, 0.29) is 0 Å². The molecule has 0 bridgehead atoms.